The van der Waals surface area contributed by atoms with E-state index in [0.29, 0.717) is 32.7 Å². The van der Waals surface area contributed by atoms with E-state index < -0.39 is 6.55 Å². The minimum atomic E-state index is -2.68. The topological polar surface area (TPSA) is 34.9 Å². The van der Waals surface area contributed by atoms with E-state index in [4.69, 9.17) is 11.6 Å². The van der Waals surface area contributed by atoms with E-state index in [2.05, 4.69) is 5.10 Å². The summed E-state index contributed by atoms with van der Waals surface area (Å²) in [4.78, 5) is 10.5. The molecule has 0 bridgehead atoms. The van der Waals surface area contributed by atoms with E-state index in [1.54, 1.807) is 12.1 Å². The molecule has 3 nitrogen and oxygen atoms in total. The van der Waals surface area contributed by atoms with Crippen molar-refractivity contribution in [3.05, 3.63) is 41.2 Å². The van der Waals surface area contributed by atoms with Crippen LogP contribution in [0.4, 0.5) is 8.78 Å². The van der Waals surface area contributed by atoms with Crippen LogP contribution in [0.3, 0.4) is 0 Å². The number of carbonyl (C=O) groups is 1. The van der Waals surface area contributed by atoms with Gasteiger partial charge < -0.3 is 0 Å². The van der Waals surface area contributed by atoms with Gasteiger partial charge in [0.25, 0.3) is 0 Å². The lowest BCUT2D eigenvalue weighted by Gasteiger charge is -2.01. The third-order valence-electron chi connectivity index (χ3n) is 2.24. The number of hydrogen-bond donors (Lipinski definition) is 0. The summed E-state index contributed by atoms with van der Waals surface area (Å²) < 4.78 is 25.2. The van der Waals surface area contributed by atoms with Crippen LogP contribution in [0.2, 0.25) is 5.02 Å². The maximum absolute atomic E-state index is 12.3. The largest absolute Gasteiger partial charge is 0.333 e. The molecule has 0 saturated heterocycles. The molecule has 0 unspecified atom stereocenters. The summed E-state index contributed by atoms with van der Waals surface area (Å²) in [6.07, 6.45) is 3.17. The molecule has 0 atom stereocenters. The van der Waals surface area contributed by atoms with Crippen molar-refractivity contribution in [1.29, 1.82) is 0 Å². The number of rotatable bonds is 3. The first kappa shape index (κ1) is 11.7. The van der Waals surface area contributed by atoms with Crippen LogP contribution in [0.15, 0.2) is 30.6 Å². The highest BCUT2D eigenvalue weighted by Gasteiger charge is 2.11. The molecule has 2 rings (SSSR count). The normalized spacial score (nSPS) is 10.8. The summed E-state index contributed by atoms with van der Waals surface area (Å²) in [7, 11) is 0. The molecule has 6 heteroatoms. The number of nitrogens with zero attached hydrogens (tertiary/aromatic N) is 2. The first-order valence-corrected chi connectivity index (χ1v) is 5.07. The van der Waals surface area contributed by atoms with Crippen LogP contribution >= 0.6 is 11.6 Å². The number of carbonyl (C=O) groups excluding carboxylic acids is 1. The van der Waals surface area contributed by atoms with E-state index in [1.165, 1.54) is 18.5 Å². The van der Waals surface area contributed by atoms with Crippen LogP contribution in [0.25, 0.3) is 11.1 Å². The molecule has 0 N–H and O–H groups in total. The zero-order valence-electron chi connectivity index (χ0n) is 8.48. The fourth-order valence-electron chi connectivity index (χ4n) is 1.42. The summed E-state index contributed by atoms with van der Waals surface area (Å²) in [5.74, 6) is 0. The Hall–Kier alpha value is -1.75. The van der Waals surface area contributed by atoms with E-state index in [1.807, 2.05) is 0 Å². The highest BCUT2D eigenvalue weighted by molar-refractivity contribution is 6.33. The number of alkyl halides is 2. The molecule has 0 spiro atoms. The van der Waals surface area contributed by atoms with Crippen LogP contribution in [0.1, 0.15) is 16.9 Å². The van der Waals surface area contributed by atoms with Crippen LogP contribution in [0.5, 0.6) is 0 Å². The lowest BCUT2D eigenvalue weighted by molar-refractivity contribution is 0.0566. The molecule has 1 heterocycles. The van der Waals surface area contributed by atoms with Gasteiger partial charge >= 0.3 is 6.55 Å². The Morgan fingerprint density at radius 3 is 2.71 bits per heavy atom. The van der Waals surface area contributed by atoms with Gasteiger partial charge in [-0.05, 0) is 6.07 Å². The second-order valence-electron chi connectivity index (χ2n) is 3.34. The van der Waals surface area contributed by atoms with Gasteiger partial charge in [0.2, 0.25) is 0 Å². The molecule has 17 heavy (non-hydrogen) atoms. The van der Waals surface area contributed by atoms with E-state index >= 15 is 0 Å². The number of hydrogen-bond acceptors (Lipinski definition) is 2. The molecule has 0 amide bonds. The number of aldehydes is 1. The molecule has 0 aliphatic heterocycles. The standard InChI is InChI=1S/C11H7ClF2N2O/c12-10-3-7(6-17)1-2-9(10)8-4-15-16(5-8)11(13)14/h1-6,11H. The van der Waals surface area contributed by atoms with Gasteiger partial charge in [0.1, 0.15) is 6.29 Å². The smallest absolute Gasteiger partial charge is 0.298 e. The highest BCUT2D eigenvalue weighted by Crippen LogP contribution is 2.28. The number of halogens is 3. The van der Waals surface area contributed by atoms with Gasteiger partial charge in [-0.2, -0.15) is 13.9 Å². The van der Waals surface area contributed by atoms with Crippen molar-refractivity contribution in [2.24, 2.45) is 0 Å². The molecule has 0 aliphatic rings. The Bertz CT molecular complexity index is 554. The van der Waals surface area contributed by atoms with Crippen LogP contribution < -0.4 is 0 Å². The SMILES string of the molecule is O=Cc1ccc(-c2cnn(C(F)F)c2)c(Cl)c1. The average molecular weight is 257 g/mol. The molecule has 1 aromatic heterocycles. The summed E-state index contributed by atoms with van der Waals surface area (Å²) in [5.41, 5.74) is 1.47. The first-order valence-electron chi connectivity index (χ1n) is 4.69. The van der Waals surface area contributed by atoms with Gasteiger partial charge in [0.15, 0.2) is 0 Å². The fourth-order valence-corrected chi connectivity index (χ4v) is 1.72. The first-order chi connectivity index (χ1) is 8.11. The van der Waals surface area contributed by atoms with Crippen LogP contribution in [0, 0.1) is 0 Å². The zero-order valence-corrected chi connectivity index (χ0v) is 9.23. The van der Waals surface area contributed by atoms with Crippen molar-refractivity contribution < 1.29 is 13.6 Å². The zero-order chi connectivity index (χ0) is 12.4. The monoisotopic (exact) mass is 256 g/mol. The predicted molar refractivity (Wildman–Crippen MR) is 59.3 cm³/mol. The molecule has 1 aromatic carbocycles. The Labute approximate surface area is 101 Å². The second-order valence-corrected chi connectivity index (χ2v) is 3.75. The van der Waals surface area contributed by atoms with Crippen molar-refractivity contribution in [1.82, 2.24) is 9.78 Å². The van der Waals surface area contributed by atoms with Gasteiger partial charge in [0, 0.05) is 27.9 Å². The minimum Gasteiger partial charge on any atom is -0.298 e. The Morgan fingerprint density at radius 1 is 1.41 bits per heavy atom. The third-order valence-corrected chi connectivity index (χ3v) is 2.55. The van der Waals surface area contributed by atoms with Gasteiger partial charge in [-0.3, -0.25) is 4.79 Å². The van der Waals surface area contributed by atoms with Gasteiger partial charge in [-0.1, -0.05) is 23.7 Å². The molecule has 0 radical (unpaired) electrons. The summed E-state index contributed by atoms with van der Waals surface area (Å²) in [6, 6.07) is 4.64. The third kappa shape index (κ3) is 2.34. The number of aromatic nitrogens is 2. The fraction of sp³-hybridized carbons (Fsp3) is 0.0909. The summed E-state index contributed by atoms with van der Waals surface area (Å²) in [5, 5.41) is 3.84. The molecule has 0 saturated carbocycles. The second kappa shape index (κ2) is 4.63. The summed E-state index contributed by atoms with van der Waals surface area (Å²) in [6.45, 7) is -2.68. The Morgan fingerprint density at radius 2 is 2.18 bits per heavy atom. The Balaban J connectivity index is 2.42. The predicted octanol–water partition coefficient (Wildman–Crippen LogP) is 3.41. The summed E-state index contributed by atoms with van der Waals surface area (Å²) >= 11 is 5.95. The van der Waals surface area contributed by atoms with Crippen molar-refractivity contribution in [2.75, 3.05) is 0 Å². The lowest BCUT2D eigenvalue weighted by atomic mass is 10.1. The van der Waals surface area contributed by atoms with Crippen molar-refractivity contribution >= 4 is 17.9 Å². The molecular weight excluding hydrogens is 250 g/mol. The lowest BCUT2D eigenvalue weighted by Crippen LogP contribution is -1.96. The van der Waals surface area contributed by atoms with Gasteiger partial charge in [-0.25, -0.2) is 4.68 Å². The van der Waals surface area contributed by atoms with Gasteiger partial charge in [0.05, 0.1) is 6.20 Å². The quantitative estimate of drug-likeness (QED) is 0.789. The molecule has 0 fully saturated rings. The van der Waals surface area contributed by atoms with Crippen molar-refractivity contribution in [2.45, 2.75) is 6.55 Å². The van der Waals surface area contributed by atoms with Crippen molar-refractivity contribution in [3.63, 3.8) is 0 Å². The molecule has 88 valence electrons. The number of benzene rings is 1. The van der Waals surface area contributed by atoms with Crippen LogP contribution in [-0.2, 0) is 0 Å². The van der Waals surface area contributed by atoms with Crippen molar-refractivity contribution in [3.8, 4) is 11.1 Å². The maximum atomic E-state index is 12.3. The van der Waals surface area contributed by atoms with E-state index in [9.17, 15) is 13.6 Å². The average Bonchev–Trinajstić information content (AvgIpc) is 2.78. The molecule has 0 aliphatic carbocycles. The van der Waals surface area contributed by atoms with E-state index in [0.717, 1.165) is 0 Å². The minimum absolute atomic E-state index is 0.323. The Kier molecular flexibility index (Phi) is 3.19. The van der Waals surface area contributed by atoms with Crippen LogP contribution in [-0.4, -0.2) is 16.1 Å². The molecule has 2 aromatic rings. The molecular formula is C11H7ClF2N2O. The van der Waals surface area contributed by atoms with Gasteiger partial charge in [-0.15, -0.1) is 0 Å². The maximum Gasteiger partial charge on any atom is 0.333 e. The van der Waals surface area contributed by atoms with E-state index in [-0.39, 0.29) is 0 Å². The highest BCUT2D eigenvalue weighted by atomic mass is 35.5.